The lowest BCUT2D eigenvalue weighted by Gasteiger charge is -2.26. The second-order valence-electron chi connectivity index (χ2n) is 7.46. The molecule has 2 atom stereocenters. The minimum absolute atomic E-state index is 0.134. The van der Waals surface area contributed by atoms with E-state index in [1.807, 2.05) is 0 Å². The summed E-state index contributed by atoms with van der Waals surface area (Å²) >= 11 is 0. The van der Waals surface area contributed by atoms with E-state index in [0.29, 0.717) is 43.5 Å². The van der Waals surface area contributed by atoms with Crippen molar-refractivity contribution in [1.82, 2.24) is 9.62 Å². The van der Waals surface area contributed by atoms with Crippen molar-refractivity contribution in [3.05, 3.63) is 29.3 Å². The van der Waals surface area contributed by atoms with Crippen LogP contribution in [-0.4, -0.2) is 48.8 Å². The van der Waals surface area contributed by atoms with Gasteiger partial charge in [-0.3, -0.25) is 9.59 Å². The highest BCUT2D eigenvalue weighted by Crippen LogP contribution is 2.27. The Balaban J connectivity index is 1.77. The Hall–Kier alpha value is -1.93. The van der Waals surface area contributed by atoms with Crippen LogP contribution in [0.25, 0.3) is 0 Å². The number of benzene rings is 1. The van der Waals surface area contributed by atoms with Crippen molar-refractivity contribution in [2.24, 2.45) is 5.92 Å². The molecule has 1 saturated carbocycles. The van der Waals surface area contributed by atoms with Gasteiger partial charge in [0.1, 0.15) is 0 Å². The van der Waals surface area contributed by atoms with E-state index in [4.69, 9.17) is 5.11 Å². The Morgan fingerprint density at radius 1 is 1.15 bits per heavy atom. The number of carbonyl (C=O) groups is 2. The average Bonchev–Trinajstić information content (AvgIpc) is 3.11. The summed E-state index contributed by atoms with van der Waals surface area (Å²) < 4.78 is 27.2. The summed E-state index contributed by atoms with van der Waals surface area (Å²) in [5, 5.41) is 12.0. The second kappa shape index (κ2) is 7.98. The molecule has 1 aromatic carbocycles. The van der Waals surface area contributed by atoms with Crippen molar-refractivity contribution in [3.63, 3.8) is 0 Å². The highest BCUT2D eigenvalue weighted by Gasteiger charge is 2.31. The molecule has 0 spiro atoms. The molecule has 2 N–H and O–H groups in total. The minimum Gasteiger partial charge on any atom is -0.481 e. The second-order valence-corrected chi connectivity index (χ2v) is 9.40. The molecule has 1 aromatic rings. The van der Waals surface area contributed by atoms with Crippen molar-refractivity contribution in [2.75, 3.05) is 13.1 Å². The number of aliphatic carboxylic acids is 1. The van der Waals surface area contributed by atoms with E-state index in [2.05, 4.69) is 5.32 Å². The molecule has 1 saturated heterocycles. The SMILES string of the molecule is Cc1ccc(S(=O)(=O)N2CCCCC2)cc1C(=O)N[C@H]1CC[C@@H](C(=O)O)C1. The van der Waals surface area contributed by atoms with Crippen molar-refractivity contribution < 1.29 is 23.1 Å². The van der Waals surface area contributed by atoms with Crippen molar-refractivity contribution in [2.45, 2.75) is 56.4 Å². The first-order valence-corrected chi connectivity index (χ1v) is 10.9. The minimum atomic E-state index is -3.61. The molecule has 1 aliphatic carbocycles. The number of carbonyl (C=O) groups excluding carboxylic acids is 1. The van der Waals surface area contributed by atoms with Gasteiger partial charge in [0.25, 0.3) is 5.91 Å². The van der Waals surface area contributed by atoms with Crippen molar-refractivity contribution >= 4 is 21.9 Å². The molecule has 0 radical (unpaired) electrons. The normalized spacial score (nSPS) is 23.9. The zero-order valence-corrected chi connectivity index (χ0v) is 16.3. The van der Waals surface area contributed by atoms with Gasteiger partial charge in [-0.1, -0.05) is 12.5 Å². The lowest BCUT2D eigenvalue weighted by atomic mass is 10.1. The number of sulfonamides is 1. The number of carboxylic acid groups (broad SMARTS) is 1. The van der Waals surface area contributed by atoms with Gasteiger partial charge in [-0.15, -0.1) is 0 Å². The molecule has 7 nitrogen and oxygen atoms in total. The first-order chi connectivity index (χ1) is 12.8. The van der Waals surface area contributed by atoms with E-state index in [1.165, 1.54) is 10.4 Å². The number of piperidine rings is 1. The highest BCUT2D eigenvalue weighted by molar-refractivity contribution is 7.89. The molecular weight excluding hydrogens is 368 g/mol. The largest absolute Gasteiger partial charge is 0.481 e. The third kappa shape index (κ3) is 4.32. The van der Waals surface area contributed by atoms with E-state index in [1.54, 1.807) is 19.1 Å². The molecular formula is C19H26N2O5S. The number of hydrogen-bond donors (Lipinski definition) is 2. The summed E-state index contributed by atoms with van der Waals surface area (Å²) in [5.74, 6) is -1.61. The zero-order chi connectivity index (χ0) is 19.6. The standard InChI is InChI=1S/C19H26N2O5S/c1-13-5-8-16(27(25,26)21-9-3-2-4-10-21)12-17(13)18(22)20-15-7-6-14(11-15)19(23)24/h5,8,12,14-15H,2-4,6-7,9-11H2,1H3,(H,20,22)(H,23,24)/t14-,15+/m1/s1. The molecule has 148 valence electrons. The molecule has 2 aliphatic rings. The summed E-state index contributed by atoms with van der Waals surface area (Å²) in [6, 6.07) is 4.45. The Bertz CT molecular complexity index is 831. The Morgan fingerprint density at radius 3 is 2.48 bits per heavy atom. The summed E-state index contributed by atoms with van der Waals surface area (Å²) in [5.41, 5.74) is 1.02. The van der Waals surface area contributed by atoms with Crippen LogP contribution in [0, 0.1) is 12.8 Å². The summed E-state index contributed by atoms with van der Waals surface area (Å²) in [4.78, 5) is 23.9. The van der Waals surface area contributed by atoms with Crippen LogP contribution in [0.1, 0.15) is 54.4 Å². The molecule has 8 heteroatoms. The van der Waals surface area contributed by atoms with Crippen LogP contribution in [0.15, 0.2) is 23.1 Å². The van der Waals surface area contributed by atoms with E-state index in [9.17, 15) is 18.0 Å². The number of hydrogen-bond acceptors (Lipinski definition) is 4. The maximum Gasteiger partial charge on any atom is 0.306 e. The molecule has 0 aromatic heterocycles. The van der Waals surface area contributed by atoms with Gasteiger partial charge in [-0.2, -0.15) is 4.31 Å². The molecule has 0 bridgehead atoms. The van der Waals surface area contributed by atoms with Crippen LogP contribution < -0.4 is 5.32 Å². The third-order valence-electron chi connectivity index (χ3n) is 5.52. The average molecular weight is 394 g/mol. The molecule has 1 amide bonds. The Morgan fingerprint density at radius 2 is 1.85 bits per heavy atom. The van der Waals surface area contributed by atoms with E-state index in [0.717, 1.165) is 19.3 Å². The summed E-state index contributed by atoms with van der Waals surface area (Å²) in [6.07, 6.45) is 4.31. The fourth-order valence-corrected chi connectivity index (χ4v) is 5.40. The van der Waals surface area contributed by atoms with Gasteiger partial charge in [0.15, 0.2) is 0 Å². The maximum absolute atomic E-state index is 12.9. The highest BCUT2D eigenvalue weighted by atomic mass is 32.2. The van der Waals surface area contributed by atoms with Crippen LogP contribution in [0.5, 0.6) is 0 Å². The number of aryl methyl sites for hydroxylation is 1. The fourth-order valence-electron chi connectivity index (χ4n) is 3.86. The Kier molecular flexibility index (Phi) is 5.86. The van der Waals surface area contributed by atoms with E-state index >= 15 is 0 Å². The number of nitrogens with zero attached hydrogens (tertiary/aromatic N) is 1. The van der Waals surface area contributed by atoms with E-state index in [-0.39, 0.29) is 16.8 Å². The topological polar surface area (TPSA) is 104 Å². The summed E-state index contributed by atoms with van der Waals surface area (Å²) in [7, 11) is -3.61. The van der Waals surface area contributed by atoms with Gasteiger partial charge in [-0.05, 0) is 56.7 Å². The molecule has 3 rings (SSSR count). The van der Waals surface area contributed by atoms with Crippen LogP contribution in [0.4, 0.5) is 0 Å². The summed E-state index contributed by atoms with van der Waals surface area (Å²) in [6.45, 7) is 2.79. The van der Waals surface area contributed by atoms with Crippen LogP contribution in [0.3, 0.4) is 0 Å². The van der Waals surface area contributed by atoms with Crippen molar-refractivity contribution in [3.8, 4) is 0 Å². The van der Waals surface area contributed by atoms with Crippen LogP contribution >= 0.6 is 0 Å². The smallest absolute Gasteiger partial charge is 0.306 e. The fraction of sp³-hybridized carbons (Fsp3) is 0.579. The quantitative estimate of drug-likeness (QED) is 0.796. The monoisotopic (exact) mass is 394 g/mol. The molecule has 1 heterocycles. The molecule has 0 unspecified atom stereocenters. The van der Waals surface area contributed by atoms with Gasteiger partial charge < -0.3 is 10.4 Å². The zero-order valence-electron chi connectivity index (χ0n) is 15.5. The lowest BCUT2D eigenvalue weighted by Crippen LogP contribution is -2.36. The van der Waals surface area contributed by atoms with Gasteiger partial charge >= 0.3 is 5.97 Å². The predicted octanol–water partition coefficient (Wildman–Crippen LogP) is 2.15. The first kappa shape index (κ1) is 19.8. The van der Waals surface area contributed by atoms with Gasteiger partial charge in [-0.25, -0.2) is 8.42 Å². The van der Waals surface area contributed by atoms with Gasteiger partial charge in [0.05, 0.1) is 10.8 Å². The van der Waals surface area contributed by atoms with Crippen LogP contribution in [-0.2, 0) is 14.8 Å². The number of amides is 1. The van der Waals surface area contributed by atoms with Gasteiger partial charge in [0, 0.05) is 24.7 Å². The van der Waals surface area contributed by atoms with Gasteiger partial charge in [0.2, 0.25) is 10.0 Å². The number of carboxylic acids is 1. The molecule has 1 aliphatic heterocycles. The van der Waals surface area contributed by atoms with Crippen molar-refractivity contribution in [1.29, 1.82) is 0 Å². The number of rotatable bonds is 5. The molecule has 27 heavy (non-hydrogen) atoms. The molecule has 2 fully saturated rings. The maximum atomic E-state index is 12.9. The third-order valence-corrected chi connectivity index (χ3v) is 7.42. The van der Waals surface area contributed by atoms with Crippen LogP contribution in [0.2, 0.25) is 0 Å². The van der Waals surface area contributed by atoms with E-state index < -0.39 is 21.9 Å². The Labute approximate surface area is 159 Å². The lowest BCUT2D eigenvalue weighted by molar-refractivity contribution is -0.141. The number of nitrogens with one attached hydrogen (secondary N) is 1. The predicted molar refractivity (Wildman–Crippen MR) is 100 cm³/mol. The first-order valence-electron chi connectivity index (χ1n) is 9.43.